The van der Waals surface area contributed by atoms with E-state index in [1.807, 2.05) is 20.8 Å². The Balaban J connectivity index is 2.25. The van der Waals surface area contributed by atoms with E-state index in [0.29, 0.717) is 13.1 Å². The van der Waals surface area contributed by atoms with E-state index in [1.165, 1.54) is 4.90 Å². The van der Waals surface area contributed by atoms with Gasteiger partial charge in [-0.2, -0.15) is 0 Å². The topological polar surface area (TPSA) is 78.9 Å². The zero-order chi connectivity index (χ0) is 13.8. The molecule has 2 N–H and O–H groups in total. The average molecular weight is 258 g/mol. The van der Waals surface area contributed by atoms with Crippen LogP contribution >= 0.6 is 0 Å². The van der Waals surface area contributed by atoms with E-state index in [-0.39, 0.29) is 18.6 Å². The number of carbonyl (C=O) groups is 2. The van der Waals surface area contributed by atoms with Crippen LogP contribution in [-0.4, -0.2) is 53.3 Å². The molecule has 0 spiro atoms. The van der Waals surface area contributed by atoms with Crippen molar-refractivity contribution in [2.45, 2.75) is 45.3 Å². The fourth-order valence-electron chi connectivity index (χ4n) is 2.02. The van der Waals surface area contributed by atoms with Gasteiger partial charge in [0.1, 0.15) is 5.60 Å². The summed E-state index contributed by atoms with van der Waals surface area (Å²) in [6.45, 7) is 6.62. The molecule has 0 bridgehead atoms. The first-order valence-electron chi connectivity index (χ1n) is 6.22. The molecule has 104 valence electrons. The van der Waals surface area contributed by atoms with Gasteiger partial charge in [0.2, 0.25) is 0 Å². The molecule has 1 aliphatic rings. The highest BCUT2D eigenvalue weighted by Crippen LogP contribution is 2.16. The third kappa shape index (κ3) is 4.91. The van der Waals surface area contributed by atoms with Crippen molar-refractivity contribution in [3.8, 4) is 0 Å². The highest BCUT2D eigenvalue weighted by atomic mass is 16.6. The second kappa shape index (κ2) is 6.04. The molecule has 1 atom stereocenters. The number of hydrogen-bond acceptors (Lipinski definition) is 4. The van der Waals surface area contributed by atoms with Gasteiger partial charge in [-0.25, -0.2) is 4.79 Å². The van der Waals surface area contributed by atoms with E-state index < -0.39 is 11.7 Å². The van der Waals surface area contributed by atoms with Crippen molar-refractivity contribution in [1.82, 2.24) is 10.2 Å². The molecule has 0 aromatic heterocycles. The molecule has 6 nitrogen and oxygen atoms in total. The maximum absolute atomic E-state index is 11.4. The summed E-state index contributed by atoms with van der Waals surface area (Å²) in [5, 5.41) is 11.9. The predicted octanol–water partition coefficient (Wildman–Crippen LogP) is 1.06. The Morgan fingerprint density at radius 2 is 2.11 bits per heavy atom. The number of rotatable bonds is 4. The van der Waals surface area contributed by atoms with Crippen molar-refractivity contribution in [2.75, 3.05) is 19.6 Å². The summed E-state index contributed by atoms with van der Waals surface area (Å²) in [5.41, 5.74) is -0.487. The second-order valence-corrected chi connectivity index (χ2v) is 5.49. The number of nitrogens with zero attached hydrogens (tertiary/aromatic N) is 1. The summed E-state index contributed by atoms with van der Waals surface area (Å²) in [4.78, 5) is 23.8. The van der Waals surface area contributed by atoms with Crippen LogP contribution in [0.2, 0.25) is 0 Å². The van der Waals surface area contributed by atoms with Crippen LogP contribution in [0, 0.1) is 0 Å². The van der Waals surface area contributed by atoms with Crippen LogP contribution < -0.4 is 5.32 Å². The molecule has 6 heteroatoms. The molecule has 0 aromatic carbocycles. The zero-order valence-corrected chi connectivity index (χ0v) is 11.2. The van der Waals surface area contributed by atoms with Crippen molar-refractivity contribution in [1.29, 1.82) is 0 Å². The quantitative estimate of drug-likeness (QED) is 0.737. The van der Waals surface area contributed by atoms with Crippen molar-refractivity contribution in [3.63, 3.8) is 0 Å². The SMILES string of the molecule is CC(C)(C)OC(=O)CNCC1CCCN1C(=O)O. The number of amides is 1. The first kappa shape index (κ1) is 14.8. The Kier molecular flexibility index (Phi) is 4.95. The summed E-state index contributed by atoms with van der Waals surface area (Å²) in [6.07, 6.45) is 0.829. The number of likely N-dealkylation sites (tertiary alicyclic amines) is 1. The van der Waals surface area contributed by atoms with Gasteiger partial charge >= 0.3 is 12.1 Å². The van der Waals surface area contributed by atoms with Crippen LogP contribution in [0.4, 0.5) is 4.79 Å². The van der Waals surface area contributed by atoms with E-state index in [0.717, 1.165) is 12.8 Å². The summed E-state index contributed by atoms with van der Waals surface area (Å²) < 4.78 is 5.15. The highest BCUT2D eigenvalue weighted by molar-refractivity contribution is 5.72. The monoisotopic (exact) mass is 258 g/mol. The molecular formula is C12H22N2O4. The van der Waals surface area contributed by atoms with Crippen LogP contribution in [-0.2, 0) is 9.53 Å². The van der Waals surface area contributed by atoms with Crippen LogP contribution in [0.15, 0.2) is 0 Å². The summed E-state index contributed by atoms with van der Waals surface area (Å²) >= 11 is 0. The van der Waals surface area contributed by atoms with Gasteiger partial charge in [-0.3, -0.25) is 4.79 Å². The molecule has 1 aliphatic heterocycles. The largest absolute Gasteiger partial charge is 0.465 e. The molecule has 18 heavy (non-hydrogen) atoms. The summed E-state index contributed by atoms with van der Waals surface area (Å²) in [5.74, 6) is -0.317. The van der Waals surface area contributed by atoms with Gasteiger partial charge in [-0.1, -0.05) is 0 Å². The fourth-order valence-corrected chi connectivity index (χ4v) is 2.02. The number of hydrogen-bond donors (Lipinski definition) is 2. The molecule has 1 saturated heterocycles. The Hall–Kier alpha value is -1.30. The van der Waals surface area contributed by atoms with E-state index in [9.17, 15) is 9.59 Å². The van der Waals surface area contributed by atoms with Gasteiger partial charge in [0.15, 0.2) is 0 Å². The third-order valence-corrected chi connectivity index (χ3v) is 2.69. The maximum atomic E-state index is 11.4. The number of esters is 1. The van der Waals surface area contributed by atoms with Crippen molar-refractivity contribution < 1.29 is 19.4 Å². The molecule has 1 rings (SSSR count). The van der Waals surface area contributed by atoms with E-state index in [2.05, 4.69) is 5.32 Å². The predicted molar refractivity (Wildman–Crippen MR) is 66.5 cm³/mol. The molecule has 0 radical (unpaired) electrons. The van der Waals surface area contributed by atoms with Crippen LogP contribution in [0.25, 0.3) is 0 Å². The van der Waals surface area contributed by atoms with Gasteiger partial charge in [0.25, 0.3) is 0 Å². The molecule has 1 unspecified atom stereocenters. The van der Waals surface area contributed by atoms with Crippen molar-refractivity contribution in [3.05, 3.63) is 0 Å². The first-order chi connectivity index (χ1) is 8.29. The van der Waals surface area contributed by atoms with Gasteiger partial charge in [0.05, 0.1) is 6.54 Å². The zero-order valence-electron chi connectivity index (χ0n) is 11.2. The molecule has 0 aliphatic carbocycles. The van der Waals surface area contributed by atoms with Crippen LogP contribution in [0.3, 0.4) is 0 Å². The Bertz CT molecular complexity index is 312. The van der Waals surface area contributed by atoms with Gasteiger partial charge in [-0.05, 0) is 33.6 Å². The molecule has 0 saturated carbocycles. The van der Waals surface area contributed by atoms with E-state index in [1.54, 1.807) is 0 Å². The molecule has 1 fully saturated rings. The molecule has 1 amide bonds. The standard InChI is InChI=1S/C12H22N2O4/c1-12(2,3)18-10(15)8-13-7-9-5-4-6-14(9)11(16)17/h9,13H,4-8H2,1-3H3,(H,16,17). The average Bonchev–Trinajstić information content (AvgIpc) is 2.62. The molecule has 0 aromatic rings. The highest BCUT2D eigenvalue weighted by Gasteiger charge is 2.28. The van der Waals surface area contributed by atoms with Gasteiger partial charge in [0, 0.05) is 19.1 Å². The molecule has 1 heterocycles. The Labute approximate surface area is 107 Å². The number of nitrogens with one attached hydrogen (secondary N) is 1. The lowest BCUT2D eigenvalue weighted by atomic mass is 10.2. The lowest BCUT2D eigenvalue weighted by Crippen LogP contribution is -2.42. The third-order valence-electron chi connectivity index (χ3n) is 2.69. The van der Waals surface area contributed by atoms with Gasteiger partial charge in [-0.15, -0.1) is 0 Å². The van der Waals surface area contributed by atoms with E-state index >= 15 is 0 Å². The maximum Gasteiger partial charge on any atom is 0.407 e. The summed E-state index contributed by atoms with van der Waals surface area (Å²) in [6, 6.07) is -0.0371. The number of ether oxygens (including phenoxy) is 1. The van der Waals surface area contributed by atoms with Gasteiger partial charge < -0.3 is 20.1 Å². The lowest BCUT2D eigenvalue weighted by molar-refractivity contribution is -0.153. The van der Waals surface area contributed by atoms with Crippen molar-refractivity contribution >= 4 is 12.1 Å². The number of carboxylic acid groups (broad SMARTS) is 1. The minimum Gasteiger partial charge on any atom is -0.465 e. The Morgan fingerprint density at radius 1 is 1.44 bits per heavy atom. The van der Waals surface area contributed by atoms with E-state index in [4.69, 9.17) is 9.84 Å². The first-order valence-corrected chi connectivity index (χ1v) is 6.22. The summed E-state index contributed by atoms with van der Waals surface area (Å²) in [7, 11) is 0. The fraction of sp³-hybridized carbons (Fsp3) is 0.833. The molecular weight excluding hydrogens is 236 g/mol. The van der Waals surface area contributed by atoms with Crippen LogP contribution in [0.5, 0.6) is 0 Å². The van der Waals surface area contributed by atoms with Crippen LogP contribution in [0.1, 0.15) is 33.6 Å². The normalized spacial score (nSPS) is 19.9. The smallest absolute Gasteiger partial charge is 0.407 e. The minimum absolute atomic E-state index is 0.0371. The minimum atomic E-state index is -0.892. The second-order valence-electron chi connectivity index (χ2n) is 5.49. The van der Waals surface area contributed by atoms with Crippen molar-refractivity contribution in [2.24, 2.45) is 0 Å². The number of carbonyl (C=O) groups excluding carboxylic acids is 1. The lowest BCUT2D eigenvalue weighted by Gasteiger charge is -2.23. The Morgan fingerprint density at radius 3 is 2.67 bits per heavy atom.